The highest BCUT2D eigenvalue weighted by Crippen LogP contribution is 2.53. The molecule has 1 N–H and O–H groups in total. The highest BCUT2D eigenvalue weighted by molar-refractivity contribution is 6.73. The van der Waals surface area contributed by atoms with Crippen LogP contribution in [0.5, 0.6) is 0 Å². The summed E-state index contributed by atoms with van der Waals surface area (Å²) in [7, 11) is -2.33. The second-order valence-electron chi connectivity index (χ2n) is 6.68. The van der Waals surface area contributed by atoms with Gasteiger partial charge in [-0.2, -0.15) is 0 Å². The molecule has 1 saturated heterocycles. The van der Waals surface area contributed by atoms with E-state index in [-0.39, 0.29) is 22.8 Å². The SMILES string of the molecule is CC(C)(C)[Si]1(C(C)(C)C)OCCC(CO)O1. The van der Waals surface area contributed by atoms with Gasteiger partial charge in [-0.3, -0.25) is 0 Å². The van der Waals surface area contributed by atoms with E-state index in [0.29, 0.717) is 6.61 Å². The largest absolute Gasteiger partial charge is 0.394 e. The summed E-state index contributed by atoms with van der Waals surface area (Å²) in [5.74, 6) is 0. The molecule has 1 heterocycles. The summed E-state index contributed by atoms with van der Waals surface area (Å²) in [4.78, 5) is 0. The molecular weight excluding hydrogens is 220 g/mol. The van der Waals surface area contributed by atoms with Gasteiger partial charge >= 0.3 is 8.56 Å². The van der Waals surface area contributed by atoms with Crippen LogP contribution in [0.2, 0.25) is 10.1 Å². The van der Waals surface area contributed by atoms with Crippen molar-refractivity contribution in [1.82, 2.24) is 0 Å². The number of aliphatic hydroxyl groups is 1. The molecule has 0 amide bonds. The molecule has 1 aliphatic rings. The molecule has 0 bridgehead atoms. The third-order valence-corrected chi connectivity index (χ3v) is 8.48. The molecule has 0 aliphatic carbocycles. The van der Waals surface area contributed by atoms with E-state index in [1.54, 1.807) is 0 Å². The maximum Gasteiger partial charge on any atom is 0.349 e. The summed E-state index contributed by atoms with van der Waals surface area (Å²) >= 11 is 0. The lowest BCUT2D eigenvalue weighted by atomic mass is 10.2. The average molecular weight is 246 g/mol. The molecule has 1 unspecified atom stereocenters. The molecule has 0 aromatic rings. The Morgan fingerprint density at radius 2 is 1.62 bits per heavy atom. The highest BCUT2D eigenvalue weighted by Gasteiger charge is 2.60. The highest BCUT2D eigenvalue weighted by atomic mass is 28.4. The third kappa shape index (κ3) is 2.35. The smallest absolute Gasteiger partial charge is 0.349 e. The third-order valence-electron chi connectivity index (χ3n) is 3.26. The van der Waals surface area contributed by atoms with Crippen molar-refractivity contribution in [1.29, 1.82) is 0 Å². The molecule has 1 fully saturated rings. The first kappa shape index (κ1) is 14.2. The predicted molar refractivity (Wildman–Crippen MR) is 67.7 cm³/mol. The zero-order valence-electron chi connectivity index (χ0n) is 11.5. The molecule has 0 saturated carbocycles. The van der Waals surface area contributed by atoms with Crippen LogP contribution in [0.3, 0.4) is 0 Å². The maximum atomic E-state index is 9.30. The minimum absolute atomic E-state index is 0.0130. The van der Waals surface area contributed by atoms with Gasteiger partial charge in [-0.1, -0.05) is 41.5 Å². The molecule has 0 radical (unpaired) electrons. The monoisotopic (exact) mass is 246 g/mol. The van der Waals surface area contributed by atoms with Gasteiger partial charge in [0.1, 0.15) is 0 Å². The molecule has 0 spiro atoms. The van der Waals surface area contributed by atoms with Gasteiger partial charge in [0.2, 0.25) is 0 Å². The normalized spacial score (nSPS) is 26.8. The van der Waals surface area contributed by atoms with Gasteiger partial charge in [-0.25, -0.2) is 0 Å². The molecule has 1 atom stereocenters. The lowest BCUT2D eigenvalue weighted by Gasteiger charge is -2.52. The first-order valence-corrected chi connectivity index (χ1v) is 7.88. The Balaban J connectivity index is 3.06. The van der Waals surface area contributed by atoms with E-state index in [9.17, 15) is 5.11 Å². The van der Waals surface area contributed by atoms with Crippen molar-refractivity contribution in [3.8, 4) is 0 Å². The quantitative estimate of drug-likeness (QED) is 0.723. The Kier molecular flexibility index (Phi) is 3.90. The Morgan fingerprint density at radius 3 is 2.00 bits per heavy atom. The van der Waals surface area contributed by atoms with Crippen molar-refractivity contribution in [2.45, 2.75) is 64.1 Å². The van der Waals surface area contributed by atoms with Crippen LogP contribution in [-0.2, 0) is 8.85 Å². The minimum Gasteiger partial charge on any atom is -0.394 e. The van der Waals surface area contributed by atoms with E-state index >= 15 is 0 Å². The Bertz CT molecular complexity index is 226. The van der Waals surface area contributed by atoms with Crippen LogP contribution >= 0.6 is 0 Å². The summed E-state index contributed by atoms with van der Waals surface area (Å²) in [5.41, 5.74) is 0. The second-order valence-corrected chi connectivity index (χ2v) is 11.4. The number of hydrogen-bond donors (Lipinski definition) is 1. The van der Waals surface area contributed by atoms with Crippen LogP contribution in [0.15, 0.2) is 0 Å². The molecule has 0 aromatic carbocycles. The zero-order valence-corrected chi connectivity index (χ0v) is 12.5. The summed E-state index contributed by atoms with van der Waals surface area (Å²) in [5, 5.41) is 9.32. The summed E-state index contributed by atoms with van der Waals surface area (Å²) in [6, 6.07) is 0. The van der Waals surface area contributed by atoms with Gasteiger partial charge < -0.3 is 14.0 Å². The predicted octanol–water partition coefficient (Wildman–Crippen LogP) is 2.83. The van der Waals surface area contributed by atoms with E-state index in [2.05, 4.69) is 41.5 Å². The molecule has 16 heavy (non-hydrogen) atoms. The molecule has 3 nitrogen and oxygen atoms in total. The van der Waals surface area contributed by atoms with E-state index < -0.39 is 8.56 Å². The summed E-state index contributed by atoms with van der Waals surface area (Å²) < 4.78 is 12.4. The first-order chi connectivity index (χ1) is 7.14. The van der Waals surface area contributed by atoms with E-state index in [1.165, 1.54) is 0 Å². The van der Waals surface area contributed by atoms with Crippen LogP contribution in [0.25, 0.3) is 0 Å². The first-order valence-electron chi connectivity index (χ1n) is 6.07. The van der Waals surface area contributed by atoms with Crippen molar-refractivity contribution >= 4 is 8.56 Å². The van der Waals surface area contributed by atoms with Crippen LogP contribution in [0.1, 0.15) is 48.0 Å². The average Bonchev–Trinajstić information content (AvgIpc) is 2.14. The van der Waals surface area contributed by atoms with Gasteiger partial charge in [0.25, 0.3) is 0 Å². The van der Waals surface area contributed by atoms with Gasteiger partial charge in [-0.05, 0) is 6.42 Å². The number of hydrogen-bond acceptors (Lipinski definition) is 3. The van der Waals surface area contributed by atoms with Crippen LogP contribution < -0.4 is 0 Å². The van der Waals surface area contributed by atoms with E-state index in [1.807, 2.05) is 0 Å². The number of rotatable bonds is 1. The molecule has 1 rings (SSSR count). The van der Waals surface area contributed by atoms with Crippen molar-refractivity contribution in [3.63, 3.8) is 0 Å². The lowest BCUT2D eigenvalue weighted by Crippen LogP contribution is -2.62. The zero-order chi connectivity index (χ0) is 12.6. The van der Waals surface area contributed by atoms with Crippen molar-refractivity contribution in [2.75, 3.05) is 13.2 Å². The fourth-order valence-corrected chi connectivity index (χ4v) is 7.66. The standard InChI is InChI=1S/C12H26O3Si/c1-11(2,3)16(12(4,5)6)14-8-7-10(9-13)15-16/h10,13H,7-9H2,1-6H3. The van der Waals surface area contributed by atoms with E-state index in [4.69, 9.17) is 8.85 Å². The Labute approximate surface area is 100 Å². The molecule has 1 aliphatic heterocycles. The Morgan fingerprint density at radius 1 is 1.12 bits per heavy atom. The van der Waals surface area contributed by atoms with Gasteiger partial charge in [0.15, 0.2) is 0 Å². The topological polar surface area (TPSA) is 38.7 Å². The van der Waals surface area contributed by atoms with Crippen LogP contribution in [-0.4, -0.2) is 33.0 Å². The summed E-state index contributed by atoms with van der Waals surface area (Å²) in [6.45, 7) is 13.9. The van der Waals surface area contributed by atoms with Crippen molar-refractivity contribution < 1.29 is 14.0 Å². The minimum atomic E-state index is -2.33. The van der Waals surface area contributed by atoms with E-state index in [0.717, 1.165) is 6.42 Å². The van der Waals surface area contributed by atoms with Gasteiger partial charge in [0, 0.05) is 16.7 Å². The fraction of sp³-hybridized carbons (Fsp3) is 1.00. The molecular formula is C12H26O3Si. The van der Waals surface area contributed by atoms with Crippen LogP contribution in [0, 0.1) is 0 Å². The fourth-order valence-electron chi connectivity index (χ4n) is 2.70. The van der Waals surface area contributed by atoms with Gasteiger partial charge in [0.05, 0.1) is 12.7 Å². The lowest BCUT2D eigenvalue weighted by molar-refractivity contribution is -0.00656. The summed E-state index contributed by atoms with van der Waals surface area (Å²) in [6.07, 6.45) is 0.760. The van der Waals surface area contributed by atoms with Crippen LogP contribution in [0.4, 0.5) is 0 Å². The van der Waals surface area contributed by atoms with Crippen molar-refractivity contribution in [2.24, 2.45) is 0 Å². The maximum absolute atomic E-state index is 9.30. The molecule has 4 heteroatoms. The van der Waals surface area contributed by atoms with Crippen molar-refractivity contribution in [3.05, 3.63) is 0 Å². The molecule has 0 aromatic heterocycles. The second kappa shape index (κ2) is 4.41. The van der Waals surface area contributed by atoms with Gasteiger partial charge in [-0.15, -0.1) is 0 Å². The number of aliphatic hydroxyl groups excluding tert-OH is 1. The molecule has 96 valence electrons. The Hall–Kier alpha value is 0.0969.